The molecule has 3 atom stereocenters. The first-order valence-electron chi connectivity index (χ1n) is 11.5. The van der Waals surface area contributed by atoms with Gasteiger partial charge in [0.25, 0.3) is 5.91 Å². The van der Waals surface area contributed by atoms with Gasteiger partial charge in [0.2, 0.25) is 5.91 Å². The molecule has 0 radical (unpaired) electrons. The Bertz CT molecular complexity index is 915. The Labute approximate surface area is 201 Å². The van der Waals surface area contributed by atoms with Crippen LogP contribution < -0.4 is 14.8 Å². The minimum Gasteiger partial charge on any atom is -0.497 e. The number of carbonyl (C=O) groups excluding carboxylic acids is 2. The molecule has 1 fully saturated rings. The maximum absolute atomic E-state index is 13.7. The van der Waals surface area contributed by atoms with E-state index in [0.717, 1.165) is 31.2 Å². The number of rotatable bonds is 10. The van der Waals surface area contributed by atoms with Crippen LogP contribution in [0, 0.1) is 0 Å². The third-order valence-electron chi connectivity index (χ3n) is 5.94. The van der Waals surface area contributed by atoms with Crippen LogP contribution in [0.2, 0.25) is 0 Å². The predicted octanol–water partition coefficient (Wildman–Crippen LogP) is 5.05. The molecular formula is C26H34N2O4S. The molecule has 33 heavy (non-hydrogen) atoms. The molecule has 1 N–H and O–H groups in total. The van der Waals surface area contributed by atoms with Crippen LogP contribution in [-0.2, 0) is 4.79 Å². The van der Waals surface area contributed by atoms with Crippen molar-refractivity contribution < 1.29 is 19.1 Å². The number of hydrogen-bond donors (Lipinski definition) is 1. The van der Waals surface area contributed by atoms with Crippen molar-refractivity contribution in [1.29, 1.82) is 0 Å². The van der Waals surface area contributed by atoms with E-state index in [9.17, 15) is 9.59 Å². The van der Waals surface area contributed by atoms with Crippen LogP contribution in [0.4, 0.5) is 0 Å². The highest BCUT2D eigenvalue weighted by Crippen LogP contribution is 2.35. The van der Waals surface area contributed by atoms with E-state index >= 15 is 0 Å². The molecule has 3 unspecified atom stereocenters. The first-order chi connectivity index (χ1) is 16.0. The molecule has 6 nitrogen and oxygen atoms in total. The van der Waals surface area contributed by atoms with Crippen molar-refractivity contribution in [3.63, 3.8) is 0 Å². The minimum absolute atomic E-state index is 0.0379. The Balaban J connectivity index is 1.85. The van der Waals surface area contributed by atoms with Gasteiger partial charge in [-0.25, -0.2) is 0 Å². The van der Waals surface area contributed by atoms with E-state index in [4.69, 9.17) is 9.47 Å². The number of thioether (sulfide) groups is 1. The monoisotopic (exact) mass is 470 g/mol. The Hall–Kier alpha value is -2.67. The molecule has 1 heterocycles. The lowest BCUT2D eigenvalue weighted by molar-refractivity contribution is -0.125. The molecule has 2 aromatic rings. The van der Waals surface area contributed by atoms with Gasteiger partial charge in [-0.2, -0.15) is 0 Å². The highest BCUT2D eigenvalue weighted by atomic mass is 32.2. The summed E-state index contributed by atoms with van der Waals surface area (Å²) in [5, 5.41) is 3.07. The second-order valence-electron chi connectivity index (χ2n) is 8.25. The molecule has 2 amide bonds. The molecule has 7 heteroatoms. The first kappa shape index (κ1) is 25.0. The van der Waals surface area contributed by atoms with Gasteiger partial charge in [0.1, 0.15) is 17.5 Å². The molecule has 3 rings (SSSR count). The highest BCUT2D eigenvalue weighted by molar-refractivity contribution is 8.00. The summed E-state index contributed by atoms with van der Waals surface area (Å²) < 4.78 is 10.7. The van der Waals surface area contributed by atoms with Gasteiger partial charge in [0.15, 0.2) is 0 Å². The summed E-state index contributed by atoms with van der Waals surface area (Å²) in [6.45, 7) is 4.13. The zero-order valence-corrected chi connectivity index (χ0v) is 20.7. The molecule has 0 spiro atoms. The average molecular weight is 471 g/mol. The van der Waals surface area contributed by atoms with E-state index in [1.165, 1.54) is 0 Å². The highest BCUT2D eigenvalue weighted by Gasteiger charge is 2.42. The molecule has 1 aliphatic rings. The topological polar surface area (TPSA) is 67.9 Å². The van der Waals surface area contributed by atoms with Crippen LogP contribution in [-0.4, -0.2) is 48.1 Å². The molecule has 0 saturated carbocycles. The van der Waals surface area contributed by atoms with Crippen molar-refractivity contribution in [2.45, 2.75) is 57.0 Å². The lowest BCUT2D eigenvalue weighted by Crippen LogP contribution is -2.50. The maximum Gasteiger partial charge on any atom is 0.255 e. The largest absolute Gasteiger partial charge is 0.497 e. The summed E-state index contributed by atoms with van der Waals surface area (Å²) in [6, 6.07) is 14.3. The van der Waals surface area contributed by atoms with Crippen molar-refractivity contribution in [2.75, 3.05) is 20.0 Å². The maximum atomic E-state index is 13.7. The zero-order valence-electron chi connectivity index (χ0n) is 19.9. The minimum atomic E-state index is -0.530. The average Bonchev–Trinajstić information content (AvgIpc) is 3.27. The number of amides is 2. The Kier molecular flexibility index (Phi) is 9.06. The van der Waals surface area contributed by atoms with Crippen molar-refractivity contribution in [2.24, 2.45) is 0 Å². The summed E-state index contributed by atoms with van der Waals surface area (Å²) in [4.78, 5) is 28.8. The van der Waals surface area contributed by atoms with E-state index in [2.05, 4.69) is 12.2 Å². The molecule has 2 aromatic carbocycles. The fraction of sp³-hybridized carbons (Fsp3) is 0.462. The van der Waals surface area contributed by atoms with E-state index in [1.54, 1.807) is 49.1 Å². The number of nitrogens with one attached hydrogen (secondary N) is 1. The number of ether oxygens (including phenoxy) is 2. The first-order valence-corrected chi connectivity index (χ1v) is 12.6. The second kappa shape index (κ2) is 12.0. The number of methoxy groups -OCH3 is 2. The number of nitrogens with zero attached hydrogens (tertiary/aromatic N) is 1. The molecule has 0 bridgehead atoms. The van der Waals surface area contributed by atoms with Crippen LogP contribution in [0.3, 0.4) is 0 Å². The number of benzene rings is 2. The quantitative estimate of drug-likeness (QED) is 0.493. The van der Waals surface area contributed by atoms with Gasteiger partial charge in [0.05, 0.1) is 25.6 Å². The van der Waals surface area contributed by atoms with Gasteiger partial charge in [-0.05, 0) is 31.0 Å². The van der Waals surface area contributed by atoms with Gasteiger partial charge in [-0.15, -0.1) is 11.8 Å². The van der Waals surface area contributed by atoms with Crippen LogP contribution in [0.25, 0.3) is 0 Å². The van der Waals surface area contributed by atoms with Gasteiger partial charge >= 0.3 is 0 Å². The zero-order chi connectivity index (χ0) is 23.8. The van der Waals surface area contributed by atoms with E-state index in [1.807, 2.05) is 37.3 Å². The van der Waals surface area contributed by atoms with Crippen LogP contribution in [0.1, 0.15) is 61.5 Å². The predicted molar refractivity (Wildman–Crippen MR) is 133 cm³/mol. The molecule has 0 aromatic heterocycles. The lowest BCUT2D eigenvalue weighted by Gasteiger charge is -2.30. The lowest BCUT2D eigenvalue weighted by atomic mass is 10.1. The fourth-order valence-electron chi connectivity index (χ4n) is 4.04. The Morgan fingerprint density at radius 1 is 1.09 bits per heavy atom. The third-order valence-corrected chi connectivity index (χ3v) is 7.30. The standard InChI is InChI=1S/C26H34N2O4S/c1-5-6-8-13-24-28(26(30)20-14-21(31-3)16-22(15-20)32-4)23(17-33-24)25(29)27-18(2)19-11-9-7-10-12-19/h7,9-12,14-16,18,23-24H,5-6,8,13,17H2,1-4H3,(H,27,29). The normalized spacial score (nSPS) is 18.6. The van der Waals surface area contributed by atoms with E-state index < -0.39 is 6.04 Å². The van der Waals surface area contributed by atoms with Gasteiger partial charge in [0, 0.05) is 17.4 Å². The number of unbranched alkanes of at least 4 members (excludes halogenated alkanes) is 2. The number of carbonyl (C=O) groups is 2. The van der Waals surface area contributed by atoms with Gasteiger partial charge in [-0.3, -0.25) is 9.59 Å². The van der Waals surface area contributed by atoms with Crippen LogP contribution in [0.15, 0.2) is 48.5 Å². The molecule has 1 saturated heterocycles. The van der Waals surface area contributed by atoms with E-state index in [-0.39, 0.29) is 23.2 Å². The smallest absolute Gasteiger partial charge is 0.255 e. The molecule has 178 valence electrons. The van der Waals surface area contributed by atoms with Crippen LogP contribution >= 0.6 is 11.8 Å². The second-order valence-corrected chi connectivity index (χ2v) is 9.47. The molecule has 1 aliphatic heterocycles. The summed E-state index contributed by atoms with van der Waals surface area (Å²) in [7, 11) is 3.12. The van der Waals surface area contributed by atoms with Gasteiger partial charge in [-0.1, -0.05) is 56.5 Å². The van der Waals surface area contributed by atoms with Crippen molar-refractivity contribution in [3.05, 3.63) is 59.7 Å². The van der Waals surface area contributed by atoms with Gasteiger partial charge < -0.3 is 19.7 Å². The Morgan fingerprint density at radius 3 is 2.36 bits per heavy atom. The molecule has 0 aliphatic carbocycles. The summed E-state index contributed by atoms with van der Waals surface area (Å²) in [5.74, 6) is 1.37. The summed E-state index contributed by atoms with van der Waals surface area (Å²) in [6.07, 6.45) is 4.10. The van der Waals surface area contributed by atoms with Crippen LogP contribution in [0.5, 0.6) is 11.5 Å². The SMILES string of the molecule is CCCCCC1SCC(C(=O)NC(C)c2ccccc2)N1C(=O)c1cc(OC)cc(OC)c1. The summed E-state index contributed by atoms with van der Waals surface area (Å²) in [5.41, 5.74) is 1.49. The van der Waals surface area contributed by atoms with Crippen molar-refractivity contribution >= 4 is 23.6 Å². The van der Waals surface area contributed by atoms with Crippen molar-refractivity contribution in [3.8, 4) is 11.5 Å². The fourth-order valence-corrected chi connectivity index (χ4v) is 5.50. The number of hydrogen-bond acceptors (Lipinski definition) is 5. The van der Waals surface area contributed by atoms with E-state index in [0.29, 0.717) is 22.8 Å². The van der Waals surface area contributed by atoms with Crippen molar-refractivity contribution in [1.82, 2.24) is 10.2 Å². The summed E-state index contributed by atoms with van der Waals surface area (Å²) >= 11 is 1.68. The third kappa shape index (κ3) is 6.22. The Morgan fingerprint density at radius 2 is 1.76 bits per heavy atom. The molecular weight excluding hydrogens is 436 g/mol.